The second kappa shape index (κ2) is 11.5. The predicted octanol–water partition coefficient (Wildman–Crippen LogP) is 7.58. The average molecular weight is 533 g/mol. The van der Waals surface area contributed by atoms with Crippen LogP contribution in [0.5, 0.6) is 0 Å². The number of benzene rings is 2. The van der Waals surface area contributed by atoms with Crippen molar-refractivity contribution in [3.8, 4) is 0 Å². The number of esters is 1. The molecule has 0 N–H and O–H groups in total. The Labute approximate surface area is 232 Å². The lowest BCUT2D eigenvalue weighted by molar-refractivity contribution is -0.167. The van der Waals surface area contributed by atoms with Crippen LogP contribution in [-0.2, 0) is 14.0 Å². The highest BCUT2D eigenvalue weighted by molar-refractivity contribution is 6.99. The predicted molar refractivity (Wildman–Crippen MR) is 160 cm³/mol. The van der Waals surface area contributed by atoms with Gasteiger partial charge in [0.25, 0.3) is 8.32 Å². The quantitative estimate of drug-likeness (QED) is 0.200. The van der Waals surface area contributed by atoms with E-state index in [2.05, 4.69) is 93.6 Å². The highest BCUT2D eigenvalue weighted by Gasteiger charge is 2.52. The first-order valence-electron chi connectivity index (χ1n) is 14.6. The summed E-state index contributed by atoms with van der Waals surface area (Å²) in [6, 6.07) is 22.0. The van der Waals surface area contributed by atoms with E-state index in [1.165, 1.54) is 23.2 Å². The van der Waals surface area contributed by atoms with E-state index in [0.29, 0.717) is 5.92 Å². The maximum absolute atomic E-state index is 13.3. The van der Waals surface area contributed by atoms with Crippen molar-refractivity contribution in [1.82, 2.24) is 0 Å². The van der Waals surface area contributed by atoms with E-state index in [0.717, 1.165) is 38.5 Å². The second-order valence-corrected chi connectivity index (χ2v) is 17.9. The van der Waals surface area contributed by atoms with Gasteiger partial charge in [-0.25, -0.2) is 0 Å². The van der Waals surface area contributed by atoms with Crippen LogP contribution in [0.15, 0.2) is 72.8 Å². The molecule has 0 spiro atoms. The van der Waals surface area contributed by atoms with Crippen LogP contribution in [0.25, 0.3) is 0 Å². The van der Waals surface area contributed by atoms with Crippen LogP contribution < -0.4 is 10.4 Å². The molecule has 206 valence electrons. The molecule has 4 rings (SSSR count). The van der Waals surface area contributed by atoms with Gasteiger partial charge in [0.05, 0.1) is 5.41 Å². The second-order valence-electron chi connectivity index (χ2n) is 13.6. The number of allylic oxidation sites excluding steroid dienone is 2. The summed E-state index contributed by atoms with van der Waals surface area (Å²) in [5.41, 5.74) is -0.842. The highest BCUT2D eigenvalue weighted by atomic mass is 28.4. The Morgan fingerprint density at radius 3 is 1.92 bits per heavy atom. The molecular formula is C34H48O3Si. The molecule has 2 aliphatic carbocycles. The molecule has 38 heavy (non-hydrogen) atoms. The van der Waals surface area contributed by atoms with E-state index < -0.39 is 13.9 Å². The van der Waals surface area contributed by atoms with Crippen LogP contribution in [0.2, 0.25) is 5.04 Å². The van der Waals surface area contributed by atoms with Crippen molar-refractivity contribution >= 4 is 24.7 Å². The van der Waals surface area contributed by atoms with Crippen molar-refractivity contribution in [2.75, 3.05) is 0 Å². The zero-order valence-corrected chi connectivity index (χ0v) is 25.5. The van der Waals surface area contributed by atoms with Crippen molar-refractivity contribution in [3.05, 3.63) is 72.8 Å². The van der Waals surface area contributed by atoms with E-state index in [9.17, 15) is 4.79 Å². The largest absolute Gasteiger partial charge is 0.460 e. The van der Waals surface area contributed by atoms with E-state index in [4.69, 9.17) is 9.16 Å². The van der Waals surface area contributed by atoms with Gasteiger partial charge in [0.2, 0.25) is 0 Å². The van der Waals surface area contributed by atoms with E-state index in [-0.39, 0.29) is 22.5 Å². The molecule has 0 bridgehead atoms. The van der Waals surface area contributed by atoms with Crippen LogP contribution in [0.4, 0.5) is 0 Å². The van der Waals surface area contributed by atoms with Crippen molar-refractivity contribution in [1.29, 1.82) is 0 Å². The van der Waals surface area contributed by atoms with Gasteiger partial charge in [-0.3, -0.25) is 4.79 Å². The summed E-state index contributed by atoms with van der Waals surface area (Å²) in [4.78, 5) is 13.3. The SMILES string of the molecule is CC(C)(C)OC(=O)C1(CC[C@@H]2CCC[C@H](O[Si](c3ccccc3)(c3ccccc3)C(C)(C)C)C2)CC=CC1. The van der Waals surface area contributed by atoms with Crippen molar-refractivity contribution in [3.63, 3.8) is 0 Å². The number of rotatable bonds is 8. The Kier molecular flexibility index (Phi) is 8.74. The van der Waals surface area contributed by atoms with Gasteiger partial charge in [-0.05, 0) is 80.6 Å². The zero-order valence-electron chi connectivity index (χ0n) is 24.5. The third-order valence-corrected chi connectivity index (χ3v) is 13.6. The first-order valence-corrected chi connectivity index (χ1v) is 16.5. The topological polar surface area (TPSA) is 35.5 Å². The third-order valence-electron chi connectivity index (χ3n) is 8.54. The molecule has 2 aromatic carbocycles. The Balaban J connectivity index is 1.54. The van der Waals surface area contributed by atoms with Gasteiger partial charge < -0.3 is 9.16 Å². The molecule has 0 heterocycles. The normalized spacial score (nSPS) is 21.8. The fourth-order valence-electron chi connectivity index (χ4n) is 6.59. The molecule has 3 nitrogen and oxygen atoms in total. The van der Waals surface area contributed by atoms with Crippen LogP contribution in [0.3, 0.4) is 0 Å². The molecule has 1 saturated carbocycles. The smallest absolute Gasteiger partial charge is 0.313 e. The molecule has 1 fully saturated rings. The molecule has 4 heteroatoms. The fourth-order valence-corrected chi connectivity index (χ4v) is 11.3. The van der Waals surface area contributed by atoms with Gasteiger partial charge in [0, 0.05) is 6.10 Å². The van der Waals surface area contributed by atoms with Crippen molar-refractivity contribution in [2.45, 2.75) is 110 Å². The molecule has 2 aliphatic rings. The lowest BCUT2D eigenvalue weighted by atomic mass is 9.75. The molecule has 2 aromatic rings. The molecule has 0 radical (unpaired) electrons. The van der Waals surface area contributed by atoms with E-state index >= 15 is 0 Å². The summed E-state index contributed by atoms with van der Waals surface area (Å²) in [6.45, 7) is 13.0. The van der Waals surface area contributed by atoms with E-state index in [1.54, 1.807) is 0 Å². The number of ether oxygens (including phenoxy) is 1. The summed E-state index contributed by atoms with van der Waals surface area (Å²) in [5.74, 6) is 0.554. The Morgan fingerprint density at radius 1 is 0.868 bits per heavy atom. The van der Waals surface area contributed by atoms with Gasteiger partial charge in [0.1, 0.15) is 5.60 Å². The first-order chi connectivity index (χ1) is 18.0. The van der Waals surface area contributed by atoms with Gasteiger partial charge in [0.15, 0.2) is 0 Å². The summed E-state index contributed by atoms with van der Waals surface area (Å²) < 4.78 is 13.4. The molecule has 0 saturated heterocycles. The summed E-state index contributed by atoms with van der Waals surface area (Å²) >= 11 is 0. The lowest BCUT2D eigenvalue weighted by Gasteiger charge is -2.46. The fraction of sp³-hybridized carbons (Fsp3) is 0.559. The van der Waals surface area contributed by atoms with Gasteiger partial charge >= 0.3 is 5.97 Å². The summed E-state index contributed by atoms with van der Waals surface area (Å²) in [6.07, 6.45) is 12.7. The summed E-state index contributed by atoms with van der Waals surface area (Å²) in [7, 11) is -2.56. The van der Waals surface area contributed by atoms with E-state index in [1.807, 2.05) is 20.8 Å². The molecule has 0 amide bonds. The molecule has 0 aromatic heterocycles. The highest BCUT2D eigenvalue weighted by Crippen LogP contribution is 2.44. The Hall–Kier alpha value is -2.17. The van der Waals surface area contributed by atoms with Crippen LogP contribution >= 0.6 is 0 Å². The maximum atomic E-state index is 13.3. The number of carbonyl (C=O) groups excluding carboxylic acids is 1. The maximum Gasteiger partial charge on any atom is 0.313 e. The Bertz CT molecular complexity index is 1030. The van der Waals surface area contributed by atoms with Crippen molar-refractivity contribution in [2.24, 2.45) is 11.3 Å². The van der Waals surface area contributed by atoms with Crippen LogP contribution in [0, 0.1) is 11.3 Å². The third kappa shape index (κ3) is 6.34. The molecular weight excluding hydrogens is 484 g/mol. The number of hydrogen-bond acceptors (Lipinski definition) is 3. The minimum Gasteiger partial charge on any atom is -0.460 e. The molecule has 0 unspecified atom stereocenters. The van der Waals surface area contributed by atoms with Crippen LogP contribution in [0.1, 0.15) is 92.9 Å². The molecule has 2 atom stereocenters. The Morgan fingerprint density at radius 2 is 1.42 bits per heavy atom. The number of hydrogen-bond donors (Lipinski definition) is 0. The minimum atomic E-state index is -2.56. The lowest BCUT2D eigenvalue weighted by Crippen LogP contribution is -2.67. The minimum absolute atomic E-state index is 0.0149. The van der Waals surface area contributed by atoms with Crippen molar-refractivity contribution < 1.29 is 14.0 Å². The monoisotopic (exact) mass is 532 g/mol. The van der Waals surface area contributed by atoms with Gasteiger partial charge in [-0.1, -0.05) is 106 Å². The standard InChI is InChI=1S/C34H48O3Si/c1-32(2,3)36-31(35)34(23-13-14-24-34)25-22-27-16-15-17-28(26-27)37-38(33(4,5)6,29-18-9-7-10-19-29)30-20-11-8-12-21-30/h7-14,18-21,27-28H,15-17,22-26H2,1-6H3/t27-,28-/m0/s1. The molecule has 0 aliphatic heterocycles. The summed E-state index contributed by atoms with van der Waals surface area (Å²) in [5, 5.41) is 2.68. The first kappa shape index (κ1) is 28.8. The zero-order chi connectivity index (χ0) is 27.4. The number of carbonyl (C=O) groups is 1. The average Bonchev–Trinajstić information content (AvgIpc) is 3.36. The van der Waals surface area contributed by atoms with Gasteiger partial charge in [-0.15, -0.1) is 0 Å². The van der Waals surface area contributed by atoms with Gasteiger partial charge in [-0.2, -0.15) is 0 Å². The van der Waals surface area contributed by atoms with Crippen LogP contribution in [-0.4, -0.2) is 26.0 Å².